The number of hydrogen-bond donors (Lipinski definition) is 3. The zero-order valence-corrected chi connectivity index (χ0v) is 29.9. The maximum atomic E-state index is 13.1. The number of hydrazine groups is 1. The van der Waals surface area contributed by atoms with Crippen LogP contribution in [0.15, 0.2) is 88.2 Å². The topological polar surface area (TPSA) is 168 Å². The zero-order chi connectivity index (χ0) is 36.5. The number of benzene rings is 1. The summed E-state index contributed by atoms with van der Waals surface area (Å²) in [7, 11) is 6.03. The normalized spacial score (nSPS) is 14.7. The van der Waals surface area contributed by atoms with Crippen molar-refractivity contribution in [2.75, 3.05) is 41.6 Å². The molecule has 268 valence electrons. The van der Waals surface area contributed by atoms with Gasteiger partial charge in [0, 0.05) is 43.7 Å². The van der Waals surface area contributed by atoms with Gasteiger partial charge in [0.2, 0.25) is 5.76 Å². The number of hydrogen-bond acceptors (Lipinski definition) is 12. The van der Waals surface area contributed by atoms with Gasteiger partial charge in [-0.1, -0.05) is 30.4 Å². The fourth-order valence-corrected chi connectivity index (χ4v) is 5.14. The molecule has 0 saturated carbocycles. The smallest absolute Gasteiger partial charge is 0.325 e. The number of methoxy groups -OCH3 is 4. The number of nitrogens with two attached hydrogens (primary N) is 1. The molecule has 49 heavy (non-hydrogen) atoms. The van der Waals surface area contributed by atoms with Crippen LogP contribution in [0.1, 0.15) is 46.5 Å². The van der Waals surface area contributed by atoms with Gasteiger partial charge < -0.3 is 38.8 Å². The van der Waals surface area contributed by atoms with Crippen LogP contribution in [-0.2, 0) is 28.6 Å². The van der Waals surface area contributed by atoms with Crippen molar-refractivity contribution in [3.63, 3.8) is 0 Å². The van der Waals surface area contributed by atoms with E-state index >= 15 is 0 Å². The quantitative estimate of drug-likeness (QED) is 0.0399. The minimum absolute atomic E-state index is 0.0487. The SMILES string of the molecule is C=C(CC=C/C(C)=C\C)SN(N)C(CNC(=O)CO/C(C(C)=O)=C(/Oc1cc(OC)cc(OC)c1)C1=CC(OC)=C(OC)CCC1)C(=O)O. The molecule has 0 fully saturated rings. The van der Waals surface area contributed by atoms with Gasteiger partial charge >= 0.3 is 5.97 Å². The summed E-state index contributed by atoms with van der Waals surface area (Å²) in [5, 5.41) is 12.3. The van der Waals surface area contributed by atoms with E-state index in [1.54, 1.807) is 31.4 Å². The predicted octanol–water partition coefficient (Wildman–Crippen LogP) is 5.33. The summed E-state index contributed by atoms with van der Waals surface area (Å²) in [6, 6.07) is 3.58. The van der Waals surface area contributed by atoms with Crippen molar-refractivity contribution in [1.29, 1.82) is 0 Å². The van der Waals surface area contributed by atoms with Gasteiger partial charge in [-0.05, 0) is 56.0 Å². The van der Waals surface area contributed by atoms with Crippen LogP contribution in [0.5, 0.6) is 17.2 Å². The van der Waals surface area contributed by atoms with Crippen molar-refractivity contribution in [2.24, 2.45) is 5.84 Å². The Labute approximate surface area is 292 Å². The third kappa shape index (κ3) is 13.0. The summed E-state index contributed by atoms with van der Waals surface area (Å²) in [6.45, 7) is 8.12. The summed E-state index contributed by atoms with van der Waals surface area (Å²) in [5.74, 6) is 5.60. The Morgan fingerprint density at radius 3 is 2.24 bits per heavy atom. The van der Waals surface area contributed by atoms with Crippen LogP contribution in [0.3, 0.4) is 0 Å². The van der Waals surface area contributed by atoms with Gasteiger partial charge in [0.25, 0.3) is 5.91 Å². The Kier molecular flexibility index (Phi) is 17.1. The molecule has 14 heteroatoms. The average molecular weight is 702 g/mol. The molecule has 1 atom stereocenters. The molecule has 0 aromatic heterocycles. The third-order valence-corrected chi connectivity index (χ3v) is 8.00. The molecule has 0 bridgehead atoms. The van der Waals surface area contributed by atoms with Gasteiger partial charge in [0.15, 0.2) is 30.0 Å². The maximum absolute atomic E-state index is 13.1. The van der Waals surface area contributed by atoms with Gasteiger partial charge in [-0.3, -0.25) is 20.2 Å². The number of nitrogens with one attached hydrogen (secondary N) is 1. The molecule has 1 amide bonds. The Morgan fingerprint density at radius 2 is 1.69 bits per heavy atom. The lowest BCUT2D eigenvalue weighted by atomic mass is 10.1. The number of carboxylic acid groups (broad SMARTS) is 1. The van der Waals surface area contributed by atoms with Crippen molar-refractivity contribution in [3.05, 3.63) is 88.2 Å². The molecule has 0 aliphatic heterocycles. The highest BCUT2D eigenvalue weighted by molar-refractivity contribution is 8.00. The van der Waals surface area contributed by atoms with E-state index in [0.717, 1.165) is 21.9 Å². The van der Waals surface area contributed by atoms with Crippen molar-refractivity contribution in [2.45, 2.75) is 52.5 Å². The Balaban J connectivity index is 2.34. The predicted molar refractivity (Wildman–Crippen MR) is 187 cm³/mol. The second-order valence-electron chi connectivity index (χ2n) is 10.7. The maximum Gasteiger partial charge on any atom is 0.325 e. The Hall–Kier alpha value is -4.66. The van der Waals surface area contributed by atoms with Crippen molar-refractivity contribution in [1.82, 2.24) is 9.73 Å². The fourth-order valence-electron chi connectivity index (χ4n) is 4.38. The average Bonchev–Trinajstić information content (AvgIpc) is 3.29. The van der Waals surface area contributed by atoms with E-state index < -0.39 is 30.3 Å². The van der Waals surface area contributed by atoms with Gasteiger partial charge in [0.1, 0.15) is 23.0 Å². The van der Waals surface area contributed by atoms with Gasteiger partial charge in [-0.15, -0.1) is 0 Å². The number of carboxylic acids is 1. The number of Topliss-reactive ketones (excluding diaryl/α,β-unsaturated/α-hetero) is 1. The van der Waals surface area contributed by atoms with E-state index in [1.165, 1.54) is 28.3 Å². The lowest BCUT2D eigenvalue weighted by Crippen LogP contribution is -2.49. The molecular formula is C35H47N3O10S. The number of amides is 1. The van der Waals surface area contributed by atoms with E-state index in [2.05, 4.69) is 11.9 Å². The van der Waals surface area contributed by atoms with Gasteiger partial charge in [-0.2, -0.15) is 4.41 Å². The number of carbonyl (C=O) groups is 3. The fraction of sp³-hybridized carbons (Fsp3) is 0.400. The molecule has 0 heterocycles. The molecule has 1 aromatic rings. The highest BCUT2D eigenvalue weighted by Crippen LogP contribution is 2.34. The van der Waals surface area contributed by atoms with E-state index in [1.807, 2.05) is 32.1 Å². The largest absolute Gasteiger partial charge is 0.497 e. The zero-order valence-electron chi connectivity index (χ0n) is 29.1. The van der Waals surface area contributed by atoms with Crippen LogP contribution in [-0.4, -0.2) is 74.8 Å². The summed E-state index contributed by atoms with van der Waals surface area (Å²) in [6.07, 6.45) is 9.58. The first-order chi connectivity index (χ1) is 23.4. The number of ketones is 1. The molecule has 0 saturated heterocycles. The van der Waals surface area contributed by atoms with E-state index in [-0.39, 0.29) is 23.8 Å². The number of rotatable bonds is 20. The minimum Gasteiger partial charge on any atom is -0.497 e. The molecule has 1 unspecified atom stereocenters. The van der Waals surface area contributed by atoms with Crippen LogP contribution in [0.25, 0.3) is 0 Å². The molecule has 2 rings (SSSR count). The van der Waals surface area contributed by atoms with Crippen LogP contribution >= 0.6 is 11.9 Å². The first kappa shape index (κ1) is 40.5. The molecule has 0 spiro atoms. The Bertz CT molecular complexity index is 1490. The van der Waals surface area contributed by atoms with E-state index in [9.17, 15) is 19.5 Å². The Morgan fingerprint density at radius 1 is 1.04 bits per heavy atom. The highest BCUT2D eigenvalue weighted by atomic mass is 32.2. The molecule has 4 N–H and O–H groups in total. The second kappa shape index (κ2) is 20.6. The van der Waals surface area contributed by atoms with Crippen LogP contribution in [0.2, 0.25) is 0 Å². The van der Waals surface area contributed by atoms with Crippen LogP contribution < -0.4 is 25.4 Å². The monoisotopic (exact) mass is 701 g/mol. The lowest BCUT2D eigenvalue weighted by molar-refractivity contribution is -0.141. The molecule has 1 aliphatic carbocycles. The van der Waals surface area contributed by atoms with E-state index in [0.29, 0.717) is 59.2 Å². The van der Waals surface area contributed by atoms with Crippen molar-refractivity contribution < 1.29 is 47.9 Å². The van der Waals surface area contributed by atoms with Crippen molar-refractivity contribution >= 4 is 29.6 Å². The van der Waals surface area contributed by atoms with Gasteiger partial charge in [-0.25, -0.2) is 0 Å². The first-order valence-corrected chi connectivity index (χ1v) is 16.1. The highest BCUT2D eigenvalue weighted by Gasteiger charge is 2.27. The second-order valence-corrected chi connectivity index (χ2v) is 11.8. The number of ether oxygens (including phenoxy) is 6. The summed E-state index contributed by atoms with van der Waals surface area (Å²) in [4.78, 5) is 38.6. The number of carbonyl (C=O) groups excluding carboxylic acids is 2. The number of nitrogens with zero attached hydrogens (tertiary/aromatic N) is 1. The first-order valence-electron chi connectivity index (χ1n) is 15.4. The number of aliphatic carboxylic acids is 1. The van der Waals surface area contributed by atoms with Crippen molar-refractivity contribution in [3.8, 4) is 17.2 Å². The van der Waals surface area contributed by atoms with Crippen LogP contribution in [0.4, 0.5) is 0 Å². The molecule has 1 aromatic carbocycles. The molecular weight excluding hydrogens is 654 g/mol. The third-order valence-electron chi connectivity index (χ3n) is 7.11. The molecule has 13 nitrogen and oxygen atoms in total. The number of allylic oxidation sites excluding steroid dienone is 9. The summed E-state index contributed by atoms with van der Waals surface area (Å²) < 4.78 is 34.9. The molecule has 0 radical (unpaired) electrons. The van der Waals surface area contributed by atoms with Crippen LogP contribution in [0, 0.1) is 0 Å². The summed E-state index contributed by atoms with van der Waals surface area (Å²) in [5.41, 5.74) is 1.62. The lowest BCUT2D eigenvalue weighted by Gasteiger charge is -2.23. The molecule has 1 aliphatic rings. The standard InChI is InChI=1S/C35H47N3O10S/c1-9-22(2)12-10-13-23(3)49-38(36)29(35(41)42)20-37-32(40)21-47-33(24(4)39)34(25-14-11-15-30(45-7)31(16-25)46-8)48-28-18-26(43-5)17-27(19-28)44-6/h9-10,12,16-19,29H,3,11,13-15,20-21,36H2,1-2,4-8H3,(H,37,40)(H,41,42)/b12-10?,22-9-,34-33+. The van der Waals surface area contributed by atoms with E-state index in [4.69, 9.17) is 34.3 Å². The minimum atomic E-state index is -1.29. The summed E-state index contributed by atoms with van der Waals surface area (Å²) >= 11 is 0.967. The van der Waals surface area contributed by atoms with Gasteiger partial charge in [0.05, 0.1) is 28.4 Å².